The van der Waals surface area contributed by atoms with Gasteiger partial charge in [0, 0.05) is 45.9 Å². The van der Waals surface area contributed by atoms with Crippen molar-refractivity contribution in [3.05, 3.63) is 0 Å². The topological polar surface area (TPSA) is 41.7 Å². The number of nitrogens with two attached hydrogens (primary N) is 1. The number of hydrogen-bond acceptors (Lipinski definition) is 4. The summed E-state index contributed by atoms with van der Waals surface area (Å²) in [5.41, 5.74) is 5.60. The summed E-state index contributed by atoms with van der Waals surface area (Å²) >= 11 is 0. The van der Waals surface area contributed by atoms with E-state index in [-0.39, 0.29) is 0 Å². The van der Waals surface area contributed by atoms with Gasteiger partial charge in [0.1, 0.15) is 0 Å². The molecule has 0 aliphatic carbocycles. The van der Waals surface area contributed by atoms with Crippen LogP contribution in [0.15, 0.2) is 0 Å². The average Bonchev–Trinajstić information content (AvgIpc) is 2.30. The Balaban J connectivity index is 2.23. The molecule has 16 heavy (non-hydrogen) atoms. The summed E-state index contributed by atoms with van der Waals surface area (Å²) in [6.45, 7) is 6.25. The summed E-state index contributed by atoms with van der Waals surface area (Å²) in [7, 11) is 3.96. The Kier molecular flexibility index (Phi) is 6.96. The van der Waals surface area contributed by atoms with Crippen LogP contribution in [0.25, 0.3) is 0 Å². The van der Waals surface area contributed by atoms with Crippen molar-refractivity contribution in [2.45, 2.75) is 25.3 Å². The van der Waals surface area contributed by atoms with E-state index in [2.05, 4.69) is 16.8 Å². The third kappa shape index (κ3) is 4.78. The van der Waals surface area contributed by atoms with E-state index in [4.69, 9.17) is 10.5 Å². The molecule has 96 valence electrons. The van der Waals surface area contributed by atoms with Crippen LogP contribution in [0.1, 0.15) is 19.3 Å². The smallest absolute Gasteiger partial charge is 0.0474 e. The third-order valence-electron chi connectivity index (χ3n) is 3.41. The minimum Gasteiger partial charge on any atom is -0.385 e. The lowest BCUT2D eigenvalue weighted by Crippen LogP contribution is -2.47. The first kappa shape index (κ1) is 13.9. The van der Waals surface area contributed by atoms with Crippen molar-refractivity contribution in [1.29, 1.82) is 0 Å². The number of rotatable bonds is 7. The Morgan fingerprint density at radius 1 is 1.50 bits per heavy atom. The van der Waals surface area contributed by atoms with Crippen LogP contribution in [0.4, 0.5) is 0 Å². The van der Waals surface area contributed by atoms with Crippen molar-refractivity contribution < 1.29 is 4.74 Å². The summed E-state index contributed by atoms with van der Waals surface area (Å²) in [6.07, 6.45) is 3.77. The first-order chi connectivity index (χ1) is 7.77. The molecule has 0 saturated carbocycles. The van der Waals surface area contributed by atoms with Gasteiger partial charge in [-0.1, -0.05) is 0 Å². The van der Waals surface area contributed by atoms with Gasteiger partial charge in [-0.3, -0.25) is 0 Å². The van der Waals surface area contributed by atoms with Crippen molar-refractivity contribution in [2.24, 2.45) is 5.73 Å². The van der Waals surface area contributed by atoms with E-state index in [1.54, 1.807) is 7.11 Å². The quantitative estimate of drug-likeness (QED) is 0.641. The van der Waals surface area contributed by atoms with Gasteiger partial charge in [0.05, 0.1) is 0 Å². The number of likely N-dealkylation sites (N-methyl/N-ethyl adjacent to an activating group) is 1. The minimum atomic E-state index is 0.694. The van der Waals surface area contributed by atoms with Gasteiger partial charge < -0.3 is 20.3 Å². The highest BCUT2D eigenvalue weighted by Crippen LogP contribution is 2.14. The summed E-state index contributed by atoms with van der Waals surface area (Å²) in [5.74, 6) is 0. The molecule has 1 unspecified atom stereocenters. The minimum absolute atomic E-state index is 0.694. The molecular formula is C12H27N3O. The highest BCUT2D eigenvalue weighted by Gasteiger charge is 2.22. The molecule has 0 aromatic rings. The van der Waals surface area contributed by atoms with E-state index in [9.17, 15) is 0 Å². The largest absolute Gasteiger partial charge is 0.385 e. The average molecular weight is 229 g/mol. The fourth-order valence-electron chi connectivity index (χ4n) is 2.41. The summed E-state index contributed by atoms with van der Waals surface area (Å²) < 4.78 is 5.09. The van der Waals surface area contributed by atoms with Crippen LogP contribution in [-0.2, 0) is 4.74 Å². The zero-order valence-corrected chi connectivity index (χ0v) is 10.8. The molecule has 1 fully saturated rings. The van der Waals surface area contributed by atoms with Crippen molar-refractivity contribution in [2.75, 3.05) is 53.5 Å². The number of methoxy groups -OCH3 is 1. The van der Waals surface area contributed by atoms with Gasteiger partial charge in [-0.05, 0) is 32.9 Å². The molecule has 0 radical (unpaired) electrons. The van der Waals surface area contributed by atoms with Gasteiger partial charge in [0.2, 0.25) is 0 Å². The zero-order valence-electron chi connectivity index (χ0n) is 10.8. The molecule has 1 aliphatic heterocycles. The van der Waals surface area contributed by atoms with Crippen LogP contribution in [0.2, 0.25) is 0 Å². The molecule has 4 nitrogen and oxygen atoms in total. The summed E-state index contributed by atoms with van der Waals surface area (Å²) in [5, 5.41) is 0. The Morgan fingerprint density at radius 2 is 2.31 bits per heavy atom. The Bertz CT molecular complexity index is 178. The second-order valence-electron chi connectivity index (χ2n) is 4.71. The van der Waals surface area contributed by atoms with Crippen molar-refractivity contribution >= 4 is 0 Å². The number of likely N-dealkylation sites (tertiary alicyclic amines) is 1. The van der Waals surface area contributed by atoms with E-state index in [0.29, 0.717) is 6.04 Å². The molecule has 0 aromatic heterocycles. The maximum absolute atomic E-state index is 5.60. The zero-order chi connectivity index (χ0) is 11.8. The molecule has 0 amide bonds. The molecule has 2 N–H and O–H groups in total. The lowest BCUT2D eigenvalue weighted by molar-refractivity contribution is 0.106. The number of ether oxygens (including phenoxy) is 1. The first-order valence-electron chi connectivity index (χ1n) is 6.39. The number of hydrogen-bond donors (Lipinski definition) is 1. The molecule has 4 heteroatoms. The van der Waals surface area contributed by atoms with Gasteiger partial charge in [-0.25, -0.2) is 0 Å². The molecule has 1 heterocycles. The molecule has 0 aromatic carbocycles. The van der Waals surface area contributed by atoms with Gasteiger partial charge in [0.25, 0.3) is 0 Å². The van der Waals surface area contributed by atoms with Gasteiger partial charge in [-0.2, -0.15) is 0 Å². The third-order valence-corrected chi connectivity index (χ3v) is 3.41. The highest BCUT2D eigenvalue weighted by atomic mass is 16.5. The van der Waals surface area contributed by atoms with Crippen molar-refractivity contribution in [1.82, 2.24) is 9.80 Å². The second-order valence-corrected chi connectivity index (χ2v) is 4.71. The van der Waals surface area contributed by atoms with Crippen LogP contribution in [-0.4, -0.2) is 69.3 Å². The normalized spacial score (nSPS) is 22.9. The predicted octanol–water partition coefficient (Wildman–Crippen LogP) is 0.378. The molecule has 0 bridgehead atoms. The molecule has 1 atom stereocenters. The summed E-state index contributed by atoms with van der Waals surface area (Å²) in [4.78, 5) is 4.96. The van der Waals surface area contributed by atoms with Gasteiger partial charge >= 0.3 is 0 Å². The molecule has 1 aliphatic rings. The maximum Gasteiger partial charge on any atom is 0.0474 e. The molecule has 0 spiro atoms. The first-order valence-corrected chi connectivity index (χ1v) is 6.39. The number of piperidine rings is 1. The van der Waals surface area contributed by atoms with E-state index in [1.807, 2.05) is 0 Å². The van der Waals surface area contributed by atoms with Gasteiger partial charge in [0.15, 0.2) is 0 Å². The van der Waals surface area contributed by atoms with E-state index in [1.165, 1.54) is 32.5 Å². The van der Waals surface area contributed by atoms with Crippen LogP contribution in [0.3, 0.4) is 0 Å². The monoisotopic (exact) mass is 229 g/mol. The van der Waals surface area contributed by atoms with Crippen LogP contribution in [0, 0.1) is 0 Å². The molecule has 1 saturated heterocycles. The van der Waals surface area contributed by atoms with E-state index in [0.717, 1.165) is 26.1 Å². The summed E-state index contributed by atoms with van der Waals surface area (Å²) in [6, 6.07) is 0.694. The lowest BCUT2D eigenvalue weighted by atomic mass is 10.0. The maximum atomic E-state index is 5.60. The van der Waals surface area contributed by atoms with Gasteiger partial charge in [-0.15, -0.1) is 0 Å². The Morgan fingerprint density at radius 3 is 3.00 bits per heavy atom. The second kappa shape index (κ2) is 8.01. The van der Waals surface area contributed by atoms with E-state index < -0.39 is 0 Å². The molecular weight excluding hydrogens is 202 g/mol. The van der Waals surface area contributed by atoms with Crippen molar-refractivity contribution in [3.63, 3.8) is 0 Å². The van der Waals surface area contributed by atoms with Crippen LogP contribution in [0.5, 0.6) is 0 Å². The number of nitrogens with zero attached hydrogens (tertiary/aromatic N) is 2. The molecule has 1 rings (SSSR count). The Hall–Kier alpha value is -0.160. The highest BCUT2D eigenvalue weighted by molar-refractivity contribution is 4.79. The SMILES string of the molecule is COCCCN1CCCC(N(C)CCN)C1. The lowest BCUT2D eigenvalue weighted by Gasteiger charge is -2.37. The van der Waals surface area contributed by atoms with E-state index >= 15 is 0 Å². The standard InChI is InChI=1S/C12H27N3O/c1-14(9-6-13)12-5-3-7-15(11-12)8-4-10-16-2/h12H,3-11,13H2,1-2H3. The van der Waals surface area contributed by atoms with Crippen molar-refractivity contribution in [3.8, 4) is 0 Å². The fourth-order valence-corrected chi connectivity index (χ4v) is 2.41. The van der Waals surface area contributed by atoms with Crippen LogP contribution >= 0.6 is 0 Å². The Labute approximate surface area is 99.7 Å². The predicted molar refractivity (Wildman–Crippen MR) is 67.6 cm³/mol. The fraction of sp³-hybridized carbons (Fsp3) is 1.00. The van der Waals surface area contributed by atoms with Crippen LogP contribution < -0.4 is 5.73 Å².